The summed E-state index contributed by atoms with van der Waals surface area (Å²) >= 11 is 0. The molecule has 8 nitrogen and oxygen atoms in total. The number of rotatable bonds is 7. The van der Waals surface area contributed by atoms with Gasteiger partial charge in [0.2, 0.25) is 5.91 Å². The Morgan fingerprint density at radius 2 is 1.74 bits per heavy atom. The number of carboxylic acid groups (broad SMARTS) is 1. The monoisotopic (exact) mass is 466 g/mol. The molecule has 34 heavy (non-hydrogen) atoms. The van der Waals surface area contributed by atoms with Crippen molar-refractivity contribution < 1.29 is 29.0 Å². The maximum atomic E-state index is 12.7. The molecule has 8 heteroatoms. The molecule has 4 rings (SSSR count). The maximum Gasteiger partial charge on any atom is 0.407 e. The average molecular weight is 467 g/mol. The third-order valence-electron chi connectivity index (χ3n) is 6.78. The largest absolute Gasteiger partial charge is 0.479 e. The number of benzene rings is 2. The molecule has 2 aromatic rings. The predicted octanol–water partition coefficient (Wildman–Crippen LogP) is 3.40. The van der Waals surface area contributed by atoms with Crippen LogP contribution in [0.3, 0.4) is 0 Å². The highest BCUT2D eigenvalue weighted by molar-refractivity contribution is 5.82. The zero-order chi connectivity index (χ0) is 24.3. The Morgan fingerprint density at radius 1 is 1.12 bits per heavy atom. The molecule has 2 atom stereocenters. The lowest BCUT2D eigenvalue weighted by atomic mass is 9.92. The number of methoxy groups -OCH3 is 1. The van der Waals surface area contributed by atoms with E-state index in [0.717, 1.165) is 22.3 Å². The van der Waals surface area contributed by atoms with Crippen molar-refractivity contribution >= 4 is 18.0 Å². The number of likely N-dealkylation sites (tertiary alicyclic amines) is 1. The van der Waals surface area contributed by atoms with Crippen LogP contribution >= 0.6 is 0 Å². The second-order valence-corrected chi connectivity index (χ2v) is 9.00. The van der Waals surface area contributed by atoms with Crippen molar-refractivity contribution in [1.29, 1.82) is 0 Å². The number of carbonyl (C=O) groups is 3. The summed E-state index contributed by atoms with van der Waals surface area (Å²) in [6.45, 7) is 2.38. The molecule has 0 bridgehead atoms. The summed E-state index contributed by atoms with van der Waals surface area (Å²) in [4.78, 5) is 38.4. The number of nitrogens with one attached hydrogen (secondary N) is 1. The van der Waals surface area contributed by atoms with Gasteiger partial charge in [-0.1, -0.05) is 48.5 Å². The van der Waals surface area contributed by atoms with Crippen LogP contribution in [0.25, 0.3) is 11.1 Å². The number of aliphatic carboxylic acids is 1. The van der Waals surface area contributed by atoms with Crippen LogP contribution in [0.1, 0.15) is 43.2 Å². The number of amides is 2. The predicted molar refractivity (Wildman–Crippen MR) is 125 cm³/mol. The van der Waals surface area contributed by atoms with Gasteiger partial charge in [0.05, 0.1) is 6.54 Å². The number of hydrogen-bond donors (Lipinski definition) is 2. The molecule has 0 radical (unpaired) electrons. The number of alkyl carbamates (subject to hydrolysis) is 1. The summed E-state index contributed by atoms with van der Waals surface area (Å²) in [5.41, 5.74) is 3.19. The third kappa shape index (κ3) is 4.63. The minimum atomic E-state index is -1.38. The van der Waals surface area contributed by atoms with E-state index >= 15 is 0 Å². The van der Waals surface area contributed by atoms with Gasteiger partial charge in [-0.3, -0.25) is 4.79 Å². The molecule has 0 saturated carbocycles. The Hall–Kier alpha value is -3.39. The standard InChI is InChI=1S/C26H30N2O6/c1-17(14-23(29)28-13-7-12-26(16-28,33-2)24(30)31)27-25(32)34-15-22-20-10-5-3-8-18(20)19-9-4-6-11-21(19)22/h3-6,8-11,17,22H,7,12-16H2,1-2H3,(H,27,32)(H,30,31). The van der Waals surface area contributed by atoms with Crippen molar-refractivity contribution in [3.63, 3.8) is 0 Å². The van der Waals surface area contributed by atoms with Gasteiger partial charge in [-0.15, -0.1) is 0 Å². The molecule has 2 N–H and O–H groups in total. The van der Waals surface area contributed by atoms with E-state index < -0.39 is 23.7 Å². The minimum Gasteiger partial charge on any atom is -0.479 e. The molecule has 1 fully saturated rings. The van der Waals surface area contributed by atoms with Gasteiger partial charge in [-0.05, 0) is 42.0 Å². The quantitative estimate of drug-likeness (QED) is 0.648. The fourth-order valence-corrected chi connectivity index (χ4v) is 4.95. The van der Waals surface area contributed by atoms with E-state index in [1.165, 1.54) is 12.0 Å². The molecule has 1 aliphatic carbocycles. The van der Waals surface area contributed by atoms with Crippen LogP contribution in [-0.2, 0) is 19.1 Å². The summed E-state index contributed by atoms with van der Waals surface area (Å²) < 4.78 is 10.8. The van der Waals surface area contributed by atoms with Gasteiger partial charge in [0.1, 0.15) is 6.61 Å². The number of hydrogen-bond acceptors (Lipinski definition) is 5. The number of nitrogens with zero attached hydrogens (tertiary/aromatic N) is 1. The SMILES string of the molecule is COC1(C(=O)O)CCCN(C(=O)CC(C)NC(=O)OCC2c3ccccc3-c3ccccc32)C1. The van der Waals surface area contributed by atoms with Crippen LogP contribution in [0.2, 0.25) is 0 Å². The molecule has 1 saturated heterocycles. The van der Waals surface area contributed by atoms with E-state index in [-0.39, 0.29) is 31.4 Å². The molecule has 2 amide bonds. The number of ether oxygens (including phenoxy) is 2. The van der Waals surface area contributed by atoms with Crippen molar-refractivity contribution in [3.8, 4) is 11.1 Å². The highest BCUT2D eigenvalue weighted by Crippen LogP contribution is 2.44. The van der Waals surface area contributed by atoms with E-state index in [4.69, 9.17) is 9.47 Å². The first-order valence-corrected chi connectivity index (χ1v) is 11.5. The molecule has 180 valence electrons. The zero-order valence-corrected chi connectivity index (χ0v) is 19.5. The van der Waals surface area contributed by atoms with Crippen LogP contribution in [0, 0.1) is 0 Å². The summed E-state index contributed by atoms with van der Waals surface area (Å²) in [6, 6.07) is 15.8. The van der Waals surface area contributed by atoms with Gasteiger partial charge in [0.15, 0.2) is 5.60 Å². The summed E-state index contributed by atoms with van der Waals surface area (Å²) in [7, 11) is 1.35. The van der Waals surface area contributed by atoms with Crippen molar-refractivity contribution in [2.75, 3.05) is 26.8 Å². The van der Waals surface area contributed by atoms with E-state index in [2.05, 4.69) is 29.6 Å². The summed E-state index contributed by atoms with van der Waals surface area (Å²) in [5, 5.41) is 12.2. The van der Waals surface area contributed by atoms with Gasteiger partial charge >= 0.3 is 12.1 Å². The van der Waals surface area contributed by atoms with Crippen molar-refractivity contribution in [2.24, 2.45) is 0 Å². The van der Waals surface area contributed by atoms with Crippen molar-refractivity contribution in [3.05, 3.63) is 59.7 Å². The van der Waals surface area contributed by atoms with E-state index in [1.54, 1.807) is 6.92 Å². The topological polar surface area (TPSA) is 105 Å². The number of piperidine rings is 1. The molecular weight excluding hydrogens is 436 g/mol. The van der Waals surface area contributed by atoms with Crippen LogP contribution in [0.5, 0.6) is 0 Å². The lowest BCUT2D eigenvalue weighted by Gasteiger charge is -2.39. The van der Waals surface area contributed by atoms with Crippen LogP contribution in [0.4, 0.5) is 4.79 Å². The van der Waals surface area contributed by atoms with Gasteiger partial charge < -0.3 is 24.8 Å². The molecule has 2 aliphatic rings. The minimum absolute atomic E-state index is 0.00463. The first kappa shape index (κ1) is 23.8. The van der Waals surface area contributed by atoms with Gasteiger partial charge in [-0.25, -0.2) is 9.59 Å². The molecule has 2 unspecified atom stereocenters. The molecule has 0 aromatic heterocycles. The third-order valence-corrected chi connectivity index (χ3v) is 6.78. The van der Waals surface area contributed by atoms with Crippen LogP contribution < -0.4 is 5.32 Å². The van der Waals surface area contributed by atoms with E-state index in [9.17, 15) is 19.5 Å². The van der Waals surface area contributed by atoms with Crippen LogP contribution in [0.15, 0.2) is 48.5 Å². The van der Waals surface area contributed by atoms with Gasteiger partial charge in [0.25, 0.3) is 0 Å². The zero-order valence-electron chi connectivity index (χ0n) is 19.5. The van der Waals surface area contributed by atoms with E-state index in [1.807, 2.05) is 24.3 Å². The Labute approximate surface area is 198 Å². The molecule has 2 aromatic carbocycles. The summed E-state index contributed by atoms with van der Waals surface area (Å²) in [5.74, 6) is -1.34. The number of fused-ring (bicyclic) bond motifs is 3. The first-order chi connectivity index (χ1) is 16.3. The molecule has 1 heterocycles. The molecule has 0 spiro atoms. The Kier molecular flexibility index (Phi) is 6.88. The number of carboxylic acids is 1. The van der Waals surface area contributed by atoms with E-state index in [0.29, 0.717) is 19.4 Å². The van der Waals surface area contributed by atoms with Gasteiger partial charge in [-0.2, -0.15) is 0 Å². The lowest BCUT2D eigenvalue weighted by molar-refractivity contribution is -0.171. The fraction of sp³-hybridized carbons (Fsp3) is 0.423. The maximum absolute atomic E-state index is 12.7. The smallest absolute Gasteiger partial charge is 0.407 e. The number of carbonyl (C=O) groups excluding carboxylic acids is 2. The lowest BCUT2D eigenvalue weighted by Crippen LogP contribution is -2.56. The molecular formula is C26H30N2O6. The van der Waals surface area contributed by atoms with Crippen molar-refractivity contribution in [2.45, 2.75) is 43.7 Å². The van der Waals surface area contributed by atoms with Crippen LogP contribution in [-0.4, -0.2) is 66.4 Å². The Bertz CT molecular complexity index is 1040. The summed E-state index contributed by atoms with van der Waals surface area (Å²) in [6.07, 6.45) is 0.359. The first-order valence-electron chi connectivity index (χ1n) is 11.5. The van der Waals surface area contributed by atoms with Gasteiger partial charge in [0, 0.05) is 32.0 Å². The van der Waals surface area contributed by atoms with Crippen molar-refractivity contribution in [1.82, 2.24) is 10.2 Å². The normalized spacial score (nSPS) is 20.2. The highest BCUT2D eigenvalue weighted by atomic mass is 16.5. The second kappa shape index (κ2) is 9.85. The Morgan fingerprint density at radius 3 is 2.32 bits per heavy atom. The second-order valence-electron chi connectivity index (χ2n) is 9.00. The molecule has 1 aliphatic heterocycles. The highest BCUT2D eigenvalue weighted by Gasteiger charge is 2.44. The average Bonchev–Trinajstić information content (AvgIpc) is 3.16. The fourth-order valence-electron chi connectivity index (χ4n) is 4.95. The Balaban J connectivity index is 1.31.